The SMILES string of the molecule is CC(CN)C(F)C1CCCCC1. The van der Waals surface area contributed by atoms with Gasteiger partial charge in [-0.3, -0.25) is 0 Å². The van der Waals surface area contributed by atoms with E-state index in [1.807, 2.05) is 6.92 Å². The Kier molecular flexibility index (Phi) is 3.99. The Bertz CT molecular complexity index is 121. The molecule has 1 saturated carbocycles. The molecule has 72 valence electrons. The van der Waals surface area contributed by atoms with Gasteiger partial charge in [-0.25, -0.2) is 4.39 Å². The summed E-state index contributed by atoms with van der Waals surface area (Å²) < 4.78 is 13.6. The molecule has 0 radical (unpaired) electrons. The molecule has 1 aliphatic carbocycles. The Morgan fingerprint density at radius 1 is 1.33 bits per heavy atom. The molecule has 0 bridgehead atoms. The molecule has 0 aliphatic heterocycles. The molecular formula is C10H20FN. The van der Waals surface area contributed by atoms with Crippen molar-refractivity contribution in [2.24, 2.45) is 17.6 Å². The summed E-state index contributed by atoms with van der Waals surface area (Å²) in [5.74, 6) is 0.352. The molecule has 0 saturated heterocycles. The van der Waals surface area contributed by atoms with Crippen molar-refractivity contribution < 1.29 is 4.39 Å². The average molecular weight is 173 g/mol. The van der Waals surface area contributed by atoms with E-state index in [1.54, 1.807) is 0 Å². The maximum absolute atomic E-state index is 13.6. The lowest BCUT2D eigenvalue weighted by Crippen LogP contribution is -2.30. The fraction of sp³-hybridized carbons (Fsp3) is 1.00. The summed E-state index contributed by atoms with van der Waals surface area (Å²) in [5.41, 5.74) is 5.44. The average Bonchev–Trinajstić information content (AvgIpc) is 2.17. The fourth-order valence-corrected chi connectivity index (χ4v) is 2.05. The minimum atomic E-state index is -0.657. The van der Waals surface area contributed by atoms with Crippen LogP contribution >= 0.6 is 0 Å². The van der Waals surface area contributed by atoms with E-state index < -0.39 is 6.17 Å². The van der Waals surface area contributed by atoms with E-state index in [0.717, 1.165) is 12.8 Å². The summed E-state index contributed by atoms with van der Waals surface area (Å²) in [6.07, 6.45) is 5.21. The molecule has 0 heterocycles. The van der Waals surface area contributed by atoms with Crippen LogP contribution in [0.5, 0.6) is 0 Å². The van der Waals surface area contributed by atoms with Crippen molar-refractivity contribution >= 4 is 0 Å². The quantitative estimate of drug-likeness (QED) is 0.697. The van der Waals surface area contributed by atoms with Crippen molar-refractivity contribution in [1.82, 2.24) is 0 Å². The highest BCUT2D eigenvalue weighted by Crippen LogP contribution is 2.30. The normalized spacial score (nSPS) is 25.2. The van der Waals surface area contributed by atoms with Crippen LogP contribution in [-0.2, 0) is 0 Å². The lowest BCUT2D eigenvalue weighted by atomic mass is 9.82. The van der Waals surface area contributed by atoms with Crippen LogP contribution in [0.4, 0.5) is 4.39 Å². The Balaban J connectivity index is 2.33. The van der Waals surface area contributed by atoms with E-state index in [9.17, 15) is 4.39 Å². The molecule has 2 unspecified atom stereocenters. The second kappa shape index (κ2) is 4.80. The highest BCUT2D eigenvalue weighted by atomic mass is 19.1. The second-order valence-electron chi connectivity index (χ2n) is 4.06. The molecule has 0 spiro atoms. The third-order valence-electron chi connectivity index (χ3n) is 3.02. The predicted molar refractivity (Wildman–Crippen MR) is 49.7 cm³/mol. The molecule has 0 amide bonds. The van der Waals surface area contributed by atoms with Crippen LogP contribution < -0.4 is 5.73 Å². The third kappa shape index (κ3) is 2.44. The Labute approximate surface area is 74.5 Å². The number of alkyl halides is 1. The molecule has 2 atom stereocenters. The maximum Gasteiger partial charge on any atom is 0.107 e. The molecular weight excluding hydrogens is 153 g/mol. The van der Waals surface area contributed by atoms with E-state index in [2.05, 4.69) is 0 Å². The Morgan fingerprint density at radius 3 is 2.42 bits per heavy atom. The molecule has 2 heteroatoms. The Hall–Kier alpha value is -0.110. The molecule has 1 nitrogen and oxygen atoms in total. The van der Waals surface area contributed by atoms with Gasteiger partial charge in [-0.15, -0.1) is 0 Å². The summed E-state index contributed by atoms with van der Waals surface area (Å²) in [6, 6.07) is 0. The zero-order valence-corrected chi connectivity index (χ0v) is 7.93. The van der Waals surface area contributed by atoms with Gasteiger partial charge in [0.15, 0.2) is 0 Å². The van der Waals surface area contributed by atoms with Crippen LogP contribution in [0.3, 0.4) is 0 Å². The summed E-state index contributed by atoms with van der Waals surface area (Å²) >= 11 is 0. The molecule has 12 heavy (non-hydrogen) atoms. The molecule has 1 fully saturated rings. The van der Waals surface area contributed by atoms with Gasteiger partial charge in [-0.2, -0.15) is 0 Å². The summed E-state index contributed by atoms with van der Waals surface area (Å²) in [6.45, 7) is 2.40. The Morgan fingerprint density at radius 2 is 1.92 bits per heavy atom. The number of hydrogen-bond acceptors (Lipinski definition) is 1. The number of rotatable bonds is 3. The lowest BCUT2D eigenvalue weighted by molar-refractivity contribution is 0.130. The van der Waals surface area contributed by atoms with Gasteiger partial charge in [0.1, 0.15) is 6.17 Å². The van der Waals surface area contributed by atoms with Gasteiger partial charge in [0.25, 0.3) is 0 Å². The molecule has 0 aromatic heterocycles. The highest BCUT2D eigenvalue weighted by molar-refractivity contribution is 4.77. The third-order valence-corrected chi connectivity index (χ3v) is 3.02. The van der Waals surface area contributed by atoms with Crippen molar-refractivity contribution in [1.29, 1.82) is 0 Å². The molecule has 1 rings (SSSR count). The highest BCUT2D eigenvalue weighted by Gasteiger charge is 2.26. The fourth-order valence-electron chi connectivity index (χ4n) is 2.05. The number of nitrogens with two attached hydrogens (primary N) is 1. The second-order valence-corrected chi connectivity index (χ2v) is 4.06. The van der Waals surface area contributed by atoms with Crippen LogP contribution in [0.1, 0.15) is 39.0 Å². The first-order valence-corrected chi connectivity index (χ1v) is 5.10. The molecule has 0 aromatic carbocycles. The van der Waals surface area contributed by atoms with E-state index in [0.29, 0.717) is 12.5 Å². The summed E-state index contributed by atoms with van der Waals surface area (Å²) in [7, 11) is 0. The van der Waals surface area contributed by atoms with Crippen molar-refractivity contribution in [3.8, 4) is 0 Å². The van der Waals surface area contributed by atoms with Gasteiger partial charge in [-0.1, -0.05) is 26.2 Å². The van der Waals surface area contributed by atoms with Crippen molar-refractivity contribution in [2.45, 2.75) is 45.2 Å². The van der Waals surface area contributed by atoms with Crippen LogP contribution in [0.25, 0.3) is 0 Å². The zero-order chi connectivity index (χ0) is 8.97. The minimum Gasteiger partial charge on any atom is -0.330 e. The van der Waals surface area contributed by atoms with E-state index in [1.165, 1.54) is 19.3 Å². The number of hydrogen-bond donors (Lipinski definition) is 1. The van der Waals surface area contributed by atoms with Gasteiger partial charge in [0.2, 0.25) is 0 Å². The molecule has 1 aliphatic rings. The van der Waals surface area contributed by atoms with Crippen molar-refractivity contribution in [2.75, 3.05) is 6.54 Å². The first kappa shape index (κ1) is 9.97. The van der Waals surface area contributed by atoms with Gasteiger partial charge in [-0.05, 0) is 31.2 Å². The summed E-state index contributed by atoms with van der Waals surface area (Å²) in [5, 5.41) is 0. The zero-order valence-electron chi connectivity index (χ0n) is 7.93. The van der Waals surface area contributed by atoms with Crippen LogP contribution in [0, 0.1) is 11.8 Å². The van der Waals surface area contributed by atoms with E-state index in [4.69, 9.17) is 5.73 Å². The first-order valence-electron chi connectivity index (χ1n) is 5.10. The summed E-state index contributed by atoms with van der Waals surface area (Å²) in [4.78, 5) is 0. The monoisotopic (exact) mass is 173 g/mol. The minimum absolute atomic E-state index is 0.0492. The van der Waals surface area contributed by atoms with Crippen LogP contribution in [0.15, 0.2) is 0 Å². The van der Waals surface area contributed by atoms with Gasteiger partial charge >= 0.3 is 0 Å². The van der Waals surface area contributed by atoms with Gasteiger partial charge in [0.05, 0.1) is 0 Å². The standard InChI is InChI=1S/C10H20FN/c1-8(7-12)10(11)9-5-3-2-4-6-9/h8-10H,2-7,12H2,1H3. The van der Waals surface area contributed by atoms with Crippen LogP contribution in [-0.4, -0.2) is 12.7 Å². The topological polar surface area (TPSA) is 26.0 Å². The molecule has 0 aromatic rings. The first-order chi connectivity index (χ1) is 5.75. The number of halogens is 1. The largest absolute Gasteiger partial charge is 0.330 e. The molecule has 2 N–H and O–H groups in total. The van der Waals surface area contributed by atoms with Crippen molar-refractivity contribution in [3.05, 3.63) is 0 Å². The van der Waals surface area contributed by atoms with E-state index >= 15 is 0 Å². The lowest BCUT2D eigenvalue weighted by Gasteiger charge is -2.28. The van der Waals surface area contributed by atoms with Crippen molar-refractivity contribution in [3.63, 3.8) is 0 Å². The smallest absolute Gasteiger partial charge is 0.107 e. The predicted octanol–water partition coefficient (Wildman–Crippen LogP) is 2.50. The van der Waals surface area contributed by atoms with E-state index in [-0.39, 0.29) is 5.92 Å². The van der Waals surface area contributed by atoms with Gasteiger partial charge in [0, 0.05) is 0 Å². The maximum atomic E-state index is 13.6. The van der Waals surface area contributed by atoms with Gasteiger partial charge < -0.3 is 5.73 Å². The van der Waals surface area contributed by atoms with Crippen LogP contribution in [0.2, 0.25) is 0 Å².